The van der Waals surface area contributed by atoms with Crippen molar-refractivity contribution in [3.8, 4) is 0 Å². The van der Waals surface area contributed by atoms with Crippen LogP contribution in [-0.4, -0.2) is 53.1 Å². The van der Waals surface area contributed by atoms with Gasteiger partial charge in [0.25, 0.3) is 0 Å². The second-order valence-electron chi connectivity index (χ2n) is 4.56. The van der Waals surface area contributed by atoms with E-state index in [-0.39, 0.29) is 36.7 Å². The summed E-state index contributed by atoms with van der Waals surface area (Å²) in [5, 5.41) is 18.4. The van der Waals surface area contributed by atoms with E-state index in [4.69, 9.17) is 5.11 Å². The molecule has 2 heterocycles. The second-order valence-corrected chi connectivity index (χ2v) is 4.56. The number of aliphatic hydroxyl groups excluding tert-OH is 2. The summed E-state index contributed by atoms with van der Waals surface area (Å²) in [6.07, 6.45) is 1.96. The molecule has 1 amide bonds. The van der Waals surface area contributed by atoms with Crippen LogP contribution >= 0.6 is 0 Å². The van der Waals surface area contributed by atoms with E-state index in [0.717, 1.165) is 0 Å². The van der Waals surface area contributed by atoms with Gasteiger partial charge < -0.3 is 10.2 Å². The summed E-state index contributed by atoms with van der Waals surface area (Å²) in [7, 11) is 0. The number of hydrogen-bond donors (Lipinski definition) is 2. The first kappa shape index (κ1) is 11.4. The van der Waals surface area contributed by atoms with Gasteiger partial charge in [0.1, 0.15) is 12.2 Å². The van der Waals surface area contributed by atoms with Crippen LogP contribution in [0.5, 0.6) is 0 Å². The van der Waals surface area contributed by atoms with Gasteiger partial charge in [0, 0.05) is 19.1 Å². The molecule has 18 heavy (non-hydrogen) atoms. The van der Waals surface area contributed by atoms with Crippen molar-refractivity contribution in [2.45, 2.75) is 6.42 Å². The van der Waals surface area contributed by atoms with Crippen molar-refractivity contribution in [1.82, 2.24) is 0 Å². The van der Waals surface area contributed by atoms with Crippen LogP contribution < -0.4 is 0 Å². The average Bonchev–Trinajstić information content (AvgIpc) is 2.77. The van der Waals surface area contributed by atoms with Crippen LogP contribution in [0.25, 0.3) is 0 Å². The number of aliphatic imine (C=N–C) groups is 4. The molecule has 7 heteroatoms. The Kier molecular flexibility index (Phi) is 2.64. The highest BCUT2D eigenvalue weighted by Gasteiger charge is 2.44. The zero-order valence-electron chi connectivity index (χ0n) is 9.52. The van der Waals surface area contributed by atoms with Gasteiger partial charge in [0.15, 0.2) is 11.5 Å². The molecule has 94 valence electrons. The minimum atomic E-state index is -0.434. The van der Waals surface area contributed by atoms with Gasteiger partial charge in [-0.25, -0.2) is 15.0 Å². The molecule has 0 spiro atoms. The van der Waals surface area contributed by atoms with Crippen molar-refractivity contribution in [1.29, 1.82) is 0 Å². The third-order valence-corrected chi connectivity index (χ3v) is 3.67. The van der Waals surface area contributed by atoms with E-state index >= 15 is 0 Å². The molecule has 0 aromatic heterocycles. The summed E-state index contributed by atoms with van der Waals surface area (Å²) >= 11 is 0. The van der Waals surface area contributed by atoms with Gasteiger partial charge in [0.2, 0.25) is 0 Å². The molecular formula is C11H12N4O3. The van der Waals surface area contributed by atoms with Crippen LogP contribution in [-0.2, 0) is 4.79 Å². The molecule has 2 aliphatic heterocycles. The van der Waals surface area contributed by atoms with Crippen LogP contribution in [0.2, 0.25) is 0 Å². The maximum Gasteiger partial charge on any atom is 0.301 e. The fourth-order valence-corrected chi connectivity index (χ4v) is 2.54. The highest BCUT2D eigenvalue weighted by molar-refractivity contribution is 6.71. The summed E-state index contributed by atoms with van der Waals surface area (Å²) in [6.45, 7) is -0.0114. The third kappa shape index (κ3) is 1.55. The summed E-state index contributed by atoms with van der Waals surface area (Å²) < 4.78 is 0. The fraction of sp³-hybridized carbons (Fsp3) is 0.545. The van der Waals surface area contributed by atoms with Crippen molar-refractivity contribution in [2.75, 3.05) is 13.2 Å². The van der Waals surface area contributed by atoms with Crippen molar-refractivity contribution in [2.24, 2.45) is 37.7 Å². The highest BCUT2D eigenvalue weighted by Crippen LogP contribution is 2.41. The molecule has 3 rings (SSSR count). The van der Waals surface area contributed by atoms with Gasteiger partial charge in [-0.15, -0.1) is 0 Å². The molecule has 1 saturated carbocycles. The van der Waals surface area contributed by atoms with Gasteiger partial charge in [-0.05, 0) is 18.3 Å². The second kappa shape index (κ2) is 4.18. The monoisotopic (exact) mass is 248 g/mol. The first-order valence-electron chi connectivity index (χ1n) is 5.78. The Morgan fingerprint density at radius 2 is 2.11 bits per heavy atom. The molecule has 3 atom stereocenters. The topological polar surface area (TPSA) is 107 Å². The molecule has 0 radical (unpaired) electrons. The van der Waals surface area contributed by atoms with E-state index in [9.17, 15) is 9.90 Å². The van der Waals surface area contributed by atoms with Crippen LogP contribution in [0.15, 0.2) is 20.0 Å². The fourth-order valence-electron chi connectivity index (χ4n) is 2.54. The lowest BCUT2D eigenvalue weighted by molar-refractivity contribution is -0.111. The van der Waals surface area contributed by atoms with E-state index < -0.39 is 5.91 Å². The molecular weight excluding hydrogens is 236 g/mol. The summed E-state index contributed by atoms with van der Waals surface area (Å²) in [4.78, 5) is 27.5. The van der Waals surface area contributed by atoms with Crippen molar-refractivity contribution in [3.63, 3.8) is 0 Å². The minimum absolute atomic E-state index is 0.0321. The molecule has 1 aliphatic carbocycles. The predicted octanol–water partition coefficient (Wildman–Crippen LogP) is -0.957. The number of aliphatic hydroxyl groups is 2. The zero-order valence-corrected chi connectivity index (χ0v) is 9.52. The van der Waals surface area contributed by atoms with Crippen LogP contribution in [0.4, 0.5) is 0 Å². The molecule has 0 saturated heterocycles. The number of carbonyl (C=O) groups excluding carboxylic acids is 1. The van der Waals surface area contributed by atoms with Gasteiger partial charge in [-0.1, -0.05) is 0 Å². The standard InChI is InChI=1S/C11H12N4O3/c16-2-5-1-6(7(5)3-17)9-14-10-8(11(18)15-9)12-4-13-10/h4-7,16-17H,1-3H2. The SMILES string of the molecule is O=C1N=C(C2CC(CO)C2CO)N=C2N=CN=C12. The van der Waals surface area contributed by atoms with Crippen molar-refractivity contribution >= 4 is 29.6 Å². The first-order chi connectivity index (χ1) is 8.74. The summed E-state index contributed by atoms with van der Waals surface area (Å²) in [5.41, 5.74) is 0.178. The van der Waals surface area contributed by atoms with Gasteiger partial charge in [0.05, 0.1) is 0 Å². The van der Waals surface area contributed by atoms with Crippen LogP contribution in [0.1, 0.15) is 6.42 Å². The third-order valence-electron chi connectivity index (χ3n) is 3.67. The Labute approximate surface area is 103 Å². The summed E-state index contributed by atoms with van der Waals surface area (Å²) in [5.74, 6) is 0.151. The smallest absolute Gasteiger partial charge is 0.301 e. The number of rotatable bonds is 3. The van der Waals surface area contributed by atoms with Crippen molar-refractivity contribution < 1.29 is 15.0 Å². The lowest BCUT2D eigenvalue weighted by Crippen LogP contribution is -2.46. The largest absolute Gasteiger partial charge is 0.396 e. The average molecular weight is 248 g/mol. The Morgan fingerprint density at radius 1 is 1.28 bits per heavy atom. The Hall–Kier alpha value is -1.73. The predicted molar refractivity (Wildman–Crippen MR) is 65.1 cm³/mol. The van der Waals surface area contributed by atoms with E-state index in [1.807, 2.05) is 0 Å². The molecule has 1 fully saturated rings. The number of amidine groups is 2. The summed E-state index contributed by atoms with van der Waals surface area (Å²) in [6, 6.07) is 0. The highest BCUT2D eigenvalue weighted by atomic mass is 16.3. The molecule has 2 N–H and O–H groups in total. The first-order valence-corrected chi connectivity index (χ1v) is 5.78. The lowest BCUT2D eigenvalue weighted by atomic mass is 9.64. The molecule has 3 unspecified atom stereocenters. The number of hydrogen-bond acceptors (Lipinski definition) is 6. The minimum Gasteiger partial charge on any atom is -0.396 e. The quantitative estimate of drug-likeness (QED) is 0.671. The van der Waals surface area contributed by atoms with Gasteiger partial charge in [-0.3, -0.25) is 4.79 Å². The van der Waals surface area contributed by atoms with E-state index in [1.54, 1.807) is 0 Å². The van der Waals surface area contributed by atoms with Crippen LogP contribution in [0, 0.1) is 17.8 Å². The van der Waals surface area contributed by atoms with E-state index in [0.29, 0.717) is 18.1 Å². The Balaban J connectivity index is 1.84. The number of carbonyl (C=O) groups is 1. The maximum absolute atomic E-state index is 11.7. The molecule has 0 aromatic rings. The van der Waals surface area contributed by atoms with E-state index in [2.05, 4.69) is 20.0 Å². The van der Waals surface area contributed by atoms with Gasteiger partial charge >= 0.3 is 5.91 Å². The number of nitrogens with zero attached hydrogens (tertiary/aromatic N) is 4. The Morgan fingerprint density at radius 3 is 2.83 bits per heavy atom. The lowest BCUT2D eigenvalue weighted by Gasteiger charge is -2.42. The number of amides is 1. The zero-order chi connectivity index (χ0) is 12.7. The van der Waals surface area contributed by atoms with E-state index in [1.165, 1.54) is 6.34 Å². The number of fused-ring (bicyclic) bond motifs is 1. The maximum atomic E-state index is 11.7. The molecule has 3 aliphatic rings. The molecule has 0 bridgehead atoms. The normalized spacial score (nSPS) is 33.6. The molecule has 7 nitrogen and oxygen atoms in total. The Bertz CT molecular complexity index is 520. The van der Waals surface area contributed by atoms with Crippen molar-refractivity contribution in [3.05, 3.63) is 0 Å². The van der Waals surface area contributed by atoms with Gasteiger partial charge in [-0.2, -0.15) is 4.99 Å². The molecule has 0 aromatic carbocycles. The van der Waals surface area contributed by atoms with Crippen LogP contribution in [0.3, 0.4) is 0 Å².